The van der Waals surface area contributed by atoms with Gasteiger partial charge in [-0.05, 0) is 49.8 Å². The lowest BCUT2D eigenvalue weighted by Gasteiger charge is -2.25. The molecule has 1 aromatic rings. The van der Waals surface area contributed by atoms with E-state index in [-0.39, 0.29) is 6.10 Å². The van der Waals surface area contributed by atoms with Gasteiger partial charge in [0.2, 0.25) is 0 Å². The molecule has 1 aliphatic carbocycles. The van der Waals surface area contributed by atoms with Crippen molar-refractivity contribution >= 4 is 0 Å². The van der Waals surface area contributed by atoms with Crippen molar-refractivity contribution in [3.63, 3.8) is 0 Å². The molecule has 1 fully saturated rings. The van der Waals surface area contributed by atoms with Gasteiger partial charge in [-0.3, -0.25) is 0 Å². The molecule has 0 bridgehead atoms. The molecular formula is C15H22O3. The lowest BCUT2D eigenvalue weighted by atomic mass is 9.94. The van der Waals surface area contributed by atoms with Crippen molar-refractivity contribution in [3.8, 4) is 5.75 Å². The van der Waals surface area contributed by atoms with Crippen molar-refractivity contribution in [2.24, 2.45) is 5.92 Å². The van der Waals surface area contributed by atoms with Gasteiger partial charge in [0.05, 0.1) is 13.2 Å². The molecule has 0 aliphatic heterocycles. The number of aliphatic hydroxyl groups excluding tert-OH is 1. The average Bonchev–Trinajstić information content (AvgIpc) is 3.13. The van der Waals surface area contributed by atoms with Gasteiger partial charge in [-0.2, -0.15) is 0 Å². The number of aryl methyl sites for hydroxylation is 2. The lowest BCUT2D eigenvalue weighted by molar-refractivity contribution is -0.0271. The van der Waals surface area contributed by atoms with Crippen LogP contribution in [-0.2, 0) is 4.74 Å². The van der Waals surface area contributed by atoms with Crippen LogP contribution in [0.5, 0.6) is 5.75 Å². The number of hydrogen-bond donors (Lipinski definition) is 1. The molecule has 18 heavy (non-hydrogen) atoms. The molecule has 3 nitrogen and oxygen atoms in total. The van der Waals surface area contributed by atoms with Crippen LogP contribution in [-0.4, -0.2) is 25.4 Å². The fourth-order valence-electron chi connectivity index (χ4n) is 2.66. The molecule has 2 unspecified atom stereocenters. The molecule has 0 saturated heterocycles. The number of benzene rings is 1. The Morgan fingerprint density at radius 1 is 1.22 bits per heavy atom. The molecule has 0 spiro atoms. The molecule has 1 saturated carbocycles. The summed E-state index contributed by atoms with van der Waals surface area (Å²) in [5.41, 5.74) is 3.06. The Morgan fingerprint density at radius 2 is 1.89 bits per heavy atom. The zero-order valence-electron chi connectivity index (χ0n) is 11.6. The van der Waals surface area contributed by atoms with Crippen molar-refractivity contribution in [1.82, 2.24) is 0 Å². The van der Waals surface area contributed by atoms with Crippen LogP contribution in [0, 0.1) is 19.8 Å². The third kappa shape index (κ3) is 2.52. The Morgan fingerprint density at radius 3 is 2.39 bits per heavy atom. The zero-order chi connectivity index (χ0) is 13.3. The quantitative estimate of drug-likeness (QED) is 0.873. The van der Waals surface area contributed by atoms with Gasteiger partial charge in [-0.25, -0.2) is 0 Å². The minimum atomic E-state index is -0.613. The van der Waals surface area contributed by atoms with Gasteiger partial charge >= 0.3 is 0 Å². The molecule has 0 heterocycles. The molecule has 1 aromatic carbocycles. The van der Waals surface area contributed by atoms with Gasteiger partial charge in [-0.1, -0.05) is 6.07 Å². The third-order valence-corrected chi connectivity index (χ3v) is 3.68. The predicted octanol–water partition coefficient (Wildman–Crippen LogP) is 2.77. The smallest absolute Gasteiger partial charge is 0.125 e. The highest BCUT2D eigenvalue weighted by Crippen LogP contribution is 2.42. The Labute approximate surface area is 109 Å². The third-order valence-electron chi connectivity index (χ3n) is 3.68. The minimum Gasteiger partial charge on any atom is -0.496 e. The van der Waals surface area contributed by atoms with E-state index in [4.69, 9.17) is 9.47 Å². The largest absolute Gasteiger partial charge is 0.496 e. The summed E-state index contributed by atoms with van der Waals surface area (Å²) in [6.07, 6.45) is 1.55. The highest BCUT2D eigenvalue weighted by molar-refractivity contribution is 5.45. The first-order valence-electron chi connectivity index (χ1n) is 6.44. The second-order valence-corrected chi connectivity index (χ2v) is 5.18. The number of ether oxygens (including phenoxy) is 2. The van der Waals surface area contributed by atoms with Crippen LogP contribution in [0.1, 0.15) is 35.6 Å². The number of rotatable bonds is 5. The van der Waals surface area contributed by atoms with Crippen LogP contribution >= 0.6 is 0 Å². The summed E-state index contributed by atoms with van der Waals surface area (Å²) in [5, 5.41) is 10.6. The highest BCUT2D eigenvalue weighted by atomic mass is 16.5. The van der Waals surface area contributed by atoms with E-state index in [1.165, 1.54) is 0 Å². The van der Waals surface area contributed by atoms with Crippen LogP contribution in [0.3, 0.4) is 0 Å². The van der Waals surface area contributed by atoms with E-state index in [1.54, 1.807) is 14.2 Å². The van der Waals surface area contributed by atoms with Crippen molar-refractivity contribution in [2.45, 2.75) is 38.9 Å². The van der Waals surface area contributed by atoms with Crippen LogP contribution in [0.15, 0.2) is 12.1 Å². The summed E-state index contributed by atoms with van der Waals surface area (Å²) >= 11 is 0. The fourth-order valence-corrected chi connectivity index (χ4v) is 2.66. The van der Waals surface area contributed by atoms with E-state index in [2.05, 4.69) is 6.07 Å². The Bertz CT molecular complexity index is 424. The lowest BCUT2D eigenvalue weighted by Crippen LogP contribution is -2.24. The van der Waals surface area contributed by atoms with Gasteiger partial charge in [-0.15, -0.1) is 0 Å². The van der Waals surface area contributed by atoms with Gasteiger partial charge in [0.1, 0.15) is 11.9 Å². The summed E-state index contributed by atoms with van der Waals surface area (Å²) < 4.78 is 10.9. The highest BCUT2D eigenvalue weighted by Gasteiger charge is 2.38. The standard InChI is InChI=1S/C15H22O3/c1-9-7-10(2)13(12(8-9)17-3)14(16)15(18-4)11-5-6-11/h7-8,11,14-16H,5-6H2,1-4H3. The first-order valence-corrected chi connectivity index (χ1v) is 6.44. The molecule has 1 aliphatic rings. The van der Waals surface area contributed by atoms with E-state index in [1.807, 2.05) is 19.9 Å². The van der Waals surface area contributed by atoms with Crippen LogP contribution < -0.4 is 4.74 Å². The van der Waals surface area contributed by atoms with Crippen molar-refractivity contribution in [1.29, 1.82) is 0 Å². The van der Waals surface area contributed by atoms with Crippen molar-refractivity contribution in [3.05, 3.63) is 28.8 Å². The molecule has 2 rings (SSSR count). The van der Waals surface area contributed by atoms with Crippen LogP contribution in [0.2, 0.25) is 0 Å². The Kier molecular flexibility index (Phi) is 3.93. The zero-order valence-corrected chi connectivity index (χ0v) is 11.6. The van der Waals surface area contributed by atoms with Gasteiger partial charge < -0.3 is 14.6 Å². The number of aliphatic hydroxyl groups is 1. The summed E-state index contributed by atoms with van der Waals surface area (Å²) in [6, 6.07) is 4.03. The molecular weight excluding hydrogens is 228 g/mol. The van der Waals surface area contributed by atoms with Gasteiger partial charge in [0.25, 0.3) is 0 Å². The topological polar surface area (TPSA) is 38.7 Å². The molecule has 0 radical (unpaired) electrons. The maximum Gasteiger partial charge on any atom is 0.125 e. The van der Waals surface area contributed by atoms with Crippen molar-refractivity contribution < 1.29 is 14.6 Å². The SMILES string of the molecule is COc1cc(C)cc(C)c1C(O)C(OC)C1CC1. The first kappa shape index (κ1) is 13.4. The van der Waals surface area contributed by atoms with Gasteiger partial charge in [0, 0.05) is 12.7 Å². The van der Waals surface area contributed by atoms with E-state index in [9.17, 15) is 5.11 Å². The molecule has 0 amide bonds. The van der Waals surface area contributed by atoms with E-state index in [0.717, 1.165) is 35.3 Å². The minimum absolute atomic E-state index is 0.125. The molecule has 0 aromatic heterocycles. The maximum atomic E-state index is 10.6. The van der Waals surface area contributed by atoms with Crippen LogP contribution in [0.4, 0.5) is 0 Å². The molecule has 100 valence electrons. The van der Waals surface area contributed by atoms with E-state index in [0.29, 0.717) is 5.92 Å². The Balaban J connectivity index is 2.36. The summed E-state index contributed by atoms with van der Waals surface area (Å²) in [6.45, 7) is 4.04. The number of methoxy groups -OCH3 is 2. The summed E-state index contributed by atoms with van der Waals surface area (Å²) in [7, 11) is 3.31. The Hall–Kier alpha value is -1.06. The van der Waals surface area contributed by atoms with Crippen molar-refractivity contribution in [2.75, 3.05) is 14.2 Å². The fraction of sp³-hybridized carbons (Fsp3) is 0.600. The molecule has 2 atom stereocenters. The van der Waals surface area contributed by atoms with Crippen LogP contribution in [0.25, 0.3) is 0 Å². The average molecular weight is 250 g/mol. The predicted molar refractivity (Wildman–Crippen MR) is 70.9 cm³/mol. The normalized spacial score (nSPS) is 18.5. The second-order valence-electron chi connectivity index (χ2n) is 5.18. The summed E-state index contributed by atoms with van der Waals surface area (Å²) in [4.78, 5) is 0. The van der Waals surface area contributed by atoms with Gasteiger partial charge in [0.15, 0.2) is 0 Å². The first-order chi connectivity index (χ1) is 8.58. The summed E-state index contributed by atoms with van der Waals surface area (Å²) in [5.74, 6) is 1.23. The maximum absolute atomic E-state index is 10.6. The van der Waals surface area contributed by atoms with E-state index < -0.39 is 6.10 Å². The second kappa shape index (κ2) is 5.29. The molecule has 1 N–H and O–H groups in total. The van der Waals surface area contributed by atoms with E-state index >= 15 is 0 Å². The molecule has 3 heteroatoms. The number of hydrogen-bond acceptors (Lipinski definition) is 3. The monoisotopic (exact) mass is 250 g/mol.